The molecule has 0 aromatic heterocycles. The average molecular weight is 473 g/mol. The Balaban J connectivity index is 0. The van der Waals surface area contributed by atoms with Crippen LogP contribution < -0.4 is 0 Å². The maximum absolute atomic E-state index is 12.2. The molecule has 1 rings (SSSR count). The van der Waals surface area contributed by atoms with Gasteiger partial charge in [0.1, 0.15) is 18.8 Å². The van der Waals surface area contributed by atoms with Gasteiger partial charge in [0.2, 0.25) is 0 Å². The highest BCUT2D eigenvalue weighted by Gasteiger charge is 2.51. The maximum Gasteiger partial charge on any atom is 0.333 e. The van der Waals surface area contributed by atoms with Gasteiger partial charge in [0.25, 0.3) is 0 Å². The summed E-state index contributed by atoms with van der Waals surface area (Å²) in [5.41, 5.74) is 0.475. The molecule has 5 atom stereocenters. The Bertz CT molecular complexity index is 683. The van der Waals surface area contributed by atoms with E-state index in [1.54, 1.807) is 0 Å². The van der Waals surface area contributed by atoms with Gasteiger partial charge >= 0.3 is 17.9 Å². The van der Waals surface area contributed by atoms with Gasteiger partial charge in [-0.15, -0.1) is 0 Å². The van der Waals surface area contributed by atoms with Crippen LogP contribution in [-0.2, 0) is 42.8 Å². The summed E-state index contributed by atoms with van der Waals surface area (Å²) in [5.74, 6) is -2.06. The van der Waals surface area contributed by atoms with Crippen LogP contribution >= 0.6 is 0 Å². The number of carbonyl (C=O) groups is 3. The van der Waals surface area contributed by atoms with Crippen LogP contribution in [0.3, 0.4) is 0 Å². The number of rotatable bonds is 9. The molecular weight excluding hydrogens is 432 g/mol. The Kier molecular flexibility index (Phi) is 16.9. The SMILES string of the molecule is C=C(C)C(=O)OC[C@H]1O[C@@H](OC)[C@H](OC(=O)C(=C)C)[C@H](OC(=O)C(=C)C)[C@@H]1OC.CC.CC. The third-order valence-electron chi connectivity index (χ3n) is 4.01. The van der Waals surface area contributed by atoms with E-state index in [2.05, 4.69) is 19.7 Å². The Hall–Kier alpha value is -2.49. The first-order valence-electron chi connectivity index (χ1n) is 10.8. The number of ether oxygens (including phenoxy) is 6. The molecule has 1 saturated heterocycles. The number of carbonyl (C=O) groups excluding carboxylic acids is 3. The molecule has 0 spiro atoms. The van der Waals surface area contributed by atoms with Crippen molar-refractivity contribution in [2.45, 2.75) is 79.2 Å². The molecule has 0 aliphatic carbocycles. The molecule has 0 unspecified atom stereocenters. The quantitative estimate of drug-likeness (QED) is 0.283. The third-order valence-corrected chi connectivity index (χ3v) is 4.01. The van der Waals surface area contributed by atoms with Crippen molar-refractivity contribution in [3.63, 3.8) is 0 Å². The largest absolute Gasteiger partial charge is 0.459 e. The third kappa shape index (κ3) is 10.3. The Morgan fingerprint density at radius 1 is 0.697 bits per heavy atom. The molecule has 0 saturated carbocycles. The molecular formula is C24H40O9. The zero-order chi connectivity index (χ0) is 26.3. The van der Waals surface area contributed by atoms with E-state index in [4.69, 9.17) is 28.4 Å². The lowest BCUT2D eigenvalue weighted by molar-refractivity contribution is -0.303. The summed E-state index contributed by atoms with van der Waals surface area (Å²) < 4.78 is 32.5. The maximum atomic E-state index is 12.2. The molecule has 33 heavy (non-hydrogen) atoms. The van der Waals surface area contributed by atoms with Crippen LogP contribution in [0.15, 0.2) is 36.5 Å². The molecule has 0 bridgehead atoms. The van der Waals surface area contributed by atoms with Crippen LogP contribution in [0.4, 0.5) is 0 Å². The number of hydrogen-bond acceptors (Lipinski definition) is 9. The summed E-state index contributed by atoms with van der Waals surface area (Å²) in [6, 6.07) is 0. The Morgan fingerprint density at radius 2 is 1.12 bits per heavy atom. The van der Waals surface area contributed by atoms with Crippen molar-refractivity contribution >= 4 is 17.9 Å². The lowest BCUT2D eigenvalue weighted by Gasteiger charge is -2.44. The summed E-state index contributed by atoms with van der Waals surface area (Å²) >= 11 is 0. The number of hydrogen-bond donors (Lipinski definition) is 0. The smallest absolute Gasteiger partial charge is 0.333 e. The molecule has 0 aromatic carbocycles. The monoisotopic (exact) mass is 472 g/mol. The molecule has 9 heteroatoms. The van der Waals surface area contributed by atoms with Gasteiger partial charge in [-0.25, -0.2) is 14.4 Å². The summed E-state index contributed by atoms with van der Waals surface area (Å²) in [7, 11) is 2.68. The van der Waals surface area contributed by atoms with Crippen molar-refractivity contribution in [1.82, 2.24) is 0 Å². The zero-order valence-corrected chi connectivity index (χ0v) is 21.4. The standard InChI is InChI=1S/C20H28O9.2C2H6/c1-10(2)17(21)26-9-13-14(24-7)15(28-18(22)11(3)4)16(20(25-8)27-13)29-19(23)12(5)6;2*1-2/h13-16,20H,1,3,5,9H2,2,4,6-8H3;2*1-2H3/t13-,14-,15-,16-,20-;;/m1../s1. The van der Waals surface area contributed by atoms with Crippen LogP contribution in [0.2, 0.25) is 0 Å². The number of esters is 3. The second-order valence-corrected chi connectivity index (χ2v) is 6.66. The molecule has 0 radical (unpaired) electrons. The molecule has 190 valence electrons. The highest BCUT2D eigenvalue weighted by molar-refractivity contribution is 5.88. The second kappa shape index (κ2) is 17.0. The fourth-order valence-corrected chi connectivity index (χ4v) is 2.48. The van der Waals surface area contributed by atoms with Crippen molar-refractivity contribution in [2.75, 3.05) is 20.8 Å². The minimum absolute atomic E-state index is 0.135. The van der Waals surface area contributed by atoms with E-state index in [1.165, 1.54) is 35.0 Å². The molecule has 0 aromatic rings. The average Bonchev–Trinajstić information content (AvgIpc) is 2.80. The van der Waals surface area contributed by atoms with Crippen LogP contribution in [-0.4, -0.2) is 69.4 Å². The van der Waals surface area contributed by atoms with Crippen molar-refractivity contribution in [2.24, 2.45) is 0 Å². The molecule has 1 aliphatic heterocycles. The van der Waals surface area contributed by atoms with Gasteiger partial charge < -0.3 is 28.4 Å². The molecule has 0 N–H and O–H groups in total. The van der Waals surface area contributed by atoms with Crippen LogP contribution in [0.1, 0.15) is 48.5 Å². The van der Waals surface area contributed by atoms with Crippen LogP contribution in [0.5, 0.6) is 0 Å². The van der Waals surface area contributed by atoms with E-state index < -0.39 is 48.6 Å². The fourth-order valence-electron chi connectivity index (χ4n) is 2.48. The first-order chi connectivity index (χ1) is 15.5. The highest BCUT2D eigenvalue weighted by atomic mass is 16.7. The van der Waals surface area contributed by atoms with Crippen LogP contribution in [0, 0.1) is 0 Å². The van der Waals surface area contributed by atoms with Gasteiger partial charge in [-0.05, 0) is 20.8 Å². The first kappa shape index (κ1) is 32.7. The minimum atomic E-state index is -1.16. The van der Waals surface area contributed by atoms with E-state index in [0.29, 0.717) is 0 Å². The molecule has 9 nitrogen and oxygen atoms in total. The predicted octanol–water partition coefficient (Wildman–Crippen LogP) is 3.52. The van der Waals surface area contributed by atoms with Gasteiger partial charge in [0.15, 0.2) is 18.5 Å². The zero-order valence-electron chi connectivity index (χ0n) is 21.4. The highest BCUT2D eigenvalue weighted by Crippen LogP contribution is 2.29. The summed E-state index contributed by atoms with van der Waals surface area (Å²) in [6.45, 7) is 22.8. The topological polar surface area (TPSA) is 107 Å². The van der Waals surface area contributed by atoms with Gasteiger partial charge in [-0.2, -0.15) is 0 Å². The van der Waals surface area contributed by atoms with Crippen molar-refractivity contribution in [3.05, 3.63) is 36.5 Å². The van der Waals surface area contributed by atoms with Crippen molar-refractivity contribution < 1.29 is 42.8 Å². The lowest BCUT2D eigenvalue weighted by Crippen LogP contribution is -2.62. The second-order valence-electron chi connectivity index (χ2n) is 6.66. The van der Waals surface area contributed by atoms with Crippen molar-refractivity contribution in [3.8, 4) is 0 Å². The summed E-state index contributed by atoms with van der Waals surface area (Å²) in [4.78, 5) is 36.0. The van der Waals surface area contributed by atoms with E-state index >= 15 is 0 Å². The summed E-state index contributed by atoms with van der Waals surface area (Å²) in [6.07, 6.45) is -5.23. The molecule has 1 aliphatic rings. The van der Waals surface area contributed by atoms with E-state index in [-0.39, 0.29) is 23.3 Å². The normalized spacial score (nSPS) is 23.4. The van der Waals surface area contributed by atoms with Crippen molar-refractivity contribution in [1.29, 1.82) is 0 Å². The van der Waals surface area contributed by atoms with E-state index in [0.717, 1.165) is 0 Å². The molecule has 0 amide bonds. The Morgan fingerprint density at radius 3 is 1.48 bits per heavy atom. The molecule has 1 fully saturated rings. The fraction of sp³-hybridized carbons (Fsp3) is 0.625. The van der Waals surface area contributed by atoms with Crippen LogP contribution in [0.25, 0.3) is 0 Å². The summed E-state index contributed by atoms with van der Waals surface area (Å²) in [5, 5.41) is 0. The number of methoxy groups -OCH3 is 2. The first-order valence-corrected chi connectivity index (χ1v) is 10.8. The van der Waals surface area contributed by atoms with Gasteiger partial charge in [-0.3, -0.25) is 0 Å². The van der Waals surface area contributed by atoms with E-state index in [1.807, 2.05) is 27.7 Å². The lowest BCUT2D eigenvalue weighted by atomic mass is 9.98. The van der Waals surface area contributed by atoms with Gasteiger partial charge in [0, 0.05) is 30.9 Å². The van der Waals surface area contributed by atoms with Gasteiger partial charge in [-0.1, -0.05) is 47.4 Å². The Labute approximate surface area is 197 Å². The predicted molar refractivity (Wildman–Crippen MR) is 124 cm³/mol. The van der Waals surface area contributed by atoms with E-state index in [9.17, 15) is 14.4 Å². The molecule has 1 heterocycles. The minimum Gasteiger partial charge on any atom is -0.459 e. The van der Waals surface area contributed by atoms with Gasteiger partial charge in [0.05, 0.1) is 0 Å².